The van der Waals surface area contributed by atoms with E-state index in [2.05, 4.69) is 16.0 Å². The van der Waals surface area contributed by atoms with Crippen LogP contribution >= 0.6 is 0 Å². The number of rotatable bonds is 5. The molecule has 3 N–H and O–H groups in total. The van der Waals surface area contributed by atoms with Crippen molar-refractivity contribution < 1.29 is 14.0 Å². The van der Waals surface area contributed by atoms with Crippen molar-refractivity contribution in [1.82, 2.24) is 16.0 Å². The minimum absolute atomic E-state index is 0.0906. The molecule has 0 aromatic heterocycles. The van der Waals surface area contributed by atoms with E-state index in [1.54, 1.807) is 12.1 Å². The van der Waals surface area contributed by atoms with E-state index in [0.29, 0.717) is 19.4 Å². The van der Waals surface area contributed by atoms with Crippen molar-refractivity contribution in [3.05, 3.63) is 35.6 Å². The third-order valence-corrected chi connectivity index (χ3v) is 4.08. The molecule has 5 nitrogen and oxygen atoms in total. The summed E-state index contributed by atoms with van der Waals surface area (Å²) in [5, 5.41) is 8.39. The molecular formula is C17H24FN3O2. The van der Waals surface area contributed by atoms with Gasteiger partial charge in [-0.25, -0.2) is 9.18 Å². The van der Waals surface area contributed by atoms with Gasteiger partial charge in [-0.05, 0) is 42.9 Å². The molecular weight excluding hydrogens is 297 g/mol. The van der Waals surface area contributed by atoms with Crippen LogP contribution in [-0.2, 0) is 11.2 Å². The number of carbonyl (C=O) groups excluding carboxylic acids is 2. The molecule has 1 fully saturated rings. The lowest BCUT2D eigenvalue weighted by atomic mass is 9.96. The van der Waals surface area contributed by atoms with Crippen molar-refractivity contribution in [3.8, 4) is 0 Å². The molecule has 0 saturated carbocycles. The number of hydrogen-bond acceptors (Lipinski definition) is 2. The maximum atomic E-state index is 13.0. The highest BCUT2D eigenvalue weighted by atomic mass is 19.1. The van der Waals surface area contributed by atoms with Crippen molar-refractivity contribution in [2.45, 2.75) is 45.2 Å². The summed E-state index contributed by atoms with van der Waals surface area (Å²) in [5.74, 6) is -0.194. The molecule has 0 radical (unpaired) electrons. The summed E-state index contributed by atoms with van der Waals surface area (Å²) < 4.78 is 13.0. The highest BCUT2D eigenvalue weighted by Gasteiger charge is 2.25. The maximum Gasteiger partial charge on any atom is 0.315 e. The van der Waals surface area contributed by atoms with E-state index in [1.165, 1.54) is 12.1 Å². The Morgan fingerprint density at radius 2 is 2.04 bits per heavy atom. The largest absolute Gasteiger partial charge is 0.354 e. The summed E-state index contributed by atoms with van der Waals surface area (Å²) >= 11 is 0. The zero-order valence-electron chi connectivity index (χ0n) is 13.6. The summed E-state index contributed by atoms with van der Waals surface area (Å²) in [6.07, 6.45) is 2.13. The highest BCUT2D eigenvalue weighted by Crippen LogP contribution is 2.12. The zero-order valence-corrected chi connectivity index (χ0v) is 13.6. The molecule has 2 atom stereocenters. The molecule has 1 aliphatic rings. The number of nitrogens with one attached hydrogen (secondary N) is 3. The Morgan fingerprint density at radius 3 is 2.65 bits per heavy atom. The first-order valence-corrected chi connectivity index (χ1v) is 8.05. The SMILES string of the molecule is CC(C)[C@H](Cc1ccc(F)cc1)NC(=O)N[C@@H]1CCCNC1=O. The predicted molar refractivity (Wildman–Crippen MR) is 86.4 cm³/mol. The van der Waals surface area contributed by atoms with Crippen LogP contribution in [0.25, 0.3) is 0 Å². The topological polar surface area (TPSA) is 70.2 Å². The minimum atomic E-state index is -0.470. The van der Waals surface area contributed by atoms with Crippen LogP contribution in [0, 0.1) is 11.7 Å². The normalized spacial score (nSPS) is 19.1. The summed E-state index contributed by atoms with van der Waals surface area (Å²) in [6, 6.07) is 5.37. The third kappa shape index (κ3) is 5.23. The first kappa shape index (κ1) is 17.2. The lowest BCUT2D eigenvalue weighted by molar-refractivity contribution is -0.124. The Bertz CT molecular complexity index is 545. The molecule has 1 aliphatic heterocycles. The van der Waals surface area contributed by atoms with Crippen LogP contribution in [0.5, 0.6) is 0 Å². The van der Waals surface area contributed by atoms with Gasteiger partial charge in [-0.15, -0.1) is 0 Å². The van der Waals surface area contributed by atoms with Gasteiger partial charge in [-0.3, -0.25) is 4.79 Å². The number of benzene rings is 1. The number of amides is 3. The van der Waals surface area contributed by atoms with Crippen LogP contribution in [0.3, 0.4) is 0 Å². The van der Waals surface area contributed by atoms with Crippen molar-refractivity contribution in [3.63, 3.8) is 0 Å². The van der Waals surface area contributed by atoms with E-state index >= 15 is 0 Å². The van der Waals surface area contributed by atoms with Gasteiger partial charge in [0.1, 0.15) is 11.9 Å². The fourth-order valence-electron chi connectivity index (χ4n) is 2.61. The first-order chi connectivity index (χ1) is 11.0. The van der Waals surface area contributed by atoms with Gasteiger partial charge in [0.2, 0.25) is 5.91 Å². The number of piperidine rings is 1. The molecule has 0 unspecified atom stereocenters. The van der Waals surface area contributed by atoms with E-state index in [1.807, 2.05) is 13.8 Å². The highest BCUT2D eigenvalue weighted by molar-refractivity contribution is 5.87. The van der Waals surface area contributed by atoms with Gasteiger partial charge >= 0.3 is 6.03 Å². The Hall–Kier alpha value is -2.11. The first-order valence-electron chi connectivity index (χ1n) is 8.05. The van der Waals surface area contributed by atoms with Crippen molar-refractivity contribution in [1.29, 1.82) is 0 Å². The molecule has 126 valence electrons. The summed E-state index contributed by atoms with van der Waals surface area (Å²) in [6.45, 7) is 4.70. The molecule has 1 heterocycles. The Kier molecular flexibility index (Phi) is 5.96. The predicted octanol–water partition coefficient (Wildman–Crippen LogP) is 1.97. The molecule has 0 bridgehead atoms. The molecule has 2 rings (SSSR count). The summed E-state index contributed by atoms with van der Waals surface area (Å²) in [4.78, 5) is 23.8. The maximum absolute atomic E-state index is 13.0. The average Bonchev–Trinajstić information content (AvgIpc) is 2.51. The molecule has 1 saturated heterocycles. The molecule has 1 aromatic rings. The summed E-state index contributed by atoms with van der Waals surface area (Å²) in [7, 11) is 0. The fraction of sp³-hybridized carbons (Fsp3) is 0.529. The van der Waals surface area contributed by atoms with Crippen LogP contribution in [-0.4, -0.2) is 30.6 Å². The Morgan fingerprint density at radius 1 is 1.35 bits per heavy atom. The van der Waals surface area contributed by atoms with Crippen LogP contribution in [0.4, 0.5) is 9.18 Å². The second-order valence-electron chi connectivity index (χ2n) is 6.28. The van der Waals surface area contributed by atoms with Gasteiger partial charge in [0.05, 0.1) is 0 Å². The average molecular weight is 321 g/mol. The molecule has 1 aromatic carbocycles. The van der Waals surface area contributed by atoms with Gasteiger partial charge in [0, 0.05) is 12.6 Å². The van der Waals surface area contributed by atoms with Gasteiger partial charge in [0.15, 0.2) is 0 Å². The number of carbonyl (C=O) groups is 2. The van der Waals surface area contributed by atoms with Crippen molar-refractivity contribution in [2.24, 2.45) is 5.92 Å². The van der Waals surface area contributed by atoms with Crippen LogP contribution < -0.4 is 16.0 Å². The van der Waals surface area contributed by atoms with E-state index in [4.69, 9.17) is 0 Å². The van der Waals surface area contributed by atoms with Gasteiger partial charge in [-0.1, -0.05) is 26.0 Å². The zero-order chi connectivity index (χ0) is 16.8. The lowest BCUT2D eigenvalue weighted by Crippen LogP contribution is -2.55. The monoisotopic (exact) mass is 321 g/mol. The number of halogens is 1. The second kappa shape index (κ2) is 7.94. The fourth-order valence-corrected chi connectivity index (χ4v) is 2.61. The van der Waals surface area contributed by atoms with Gasteiger partial charge < -0.3 is 16.0 Å². The molecule has 0 spiro atoms. The van der Waals surface area contributed by atoms with Crippen LogP contribution in [0.1, 0.15) is 32.3 Å². The van der Waals surface area contributed by atoms with Crippen molar-refractivity contribution >= 4 is 11.9 Å². The number of urea groups is 1. The van der Waals surface area contributed by atoms with E-state index in [9.17, 15) is 14.0 Å². The molecule has 6 heteroatoms. The third-order valence-electron chi connectivity index (χ3n) is 4.08. The summed E-state index contributed by atoms with van der Waals surface area (Å²) in [5.41, 5.74) is 0.959. The van der Waals surface area contributed by atoms with Crippen molar-refractivity contribution in [2.75, 3.05) is 6.54 Å². The van der Waals surface area contributed by atoms with E-state index in [-0.39, 0.29) is 29.7 Å². The van der Waals surface area contributed by atoms with Crippen LogP contribution in [0.2, 0.25) is 0 Å². The standard InChI is InChI=1S/C17H24FN3O2/c1-11(2)15(10-12-5-7-13(18)8-6-12)21-17(23)20-14-4-3-9-19-16(14)22/h5-8,11,14-15H,3-4,9-10H2,1-2H3,(H,19,22)(H2,20,21,23)/t14-,15+/m1/s1. The van der Waals surface area contributed by atoms with Gasteiger partial charge in [0.25, 0.3) is 0 Å². The molecule has 0 aliphatic carbocycles. The Labute approximate surface area is 136 Å². The Balaban J connectivity index is 1.91. The molecule has 23 heavy (non-hydrogen) atoms. The second-order valence-corrected chi connectivity index (χ2v) is 6.28. The van der Waals surface area contributed by atoms with Crippen LogP contribution in [0.15, 0.2) is 24.3 Å². The lowest BCUT2D eigenvalue weighted by Gasteiger charge is -2.26. The van der Waals surface area contributed by atoms with E-state index in [0.717, 1.165) is 12.0 Å². The smallest absolute Gasteiger partial charge is 0.315 e. The number of hydrogen-bond donors (Lipinski definition) is 3. The molecule has 3 amide bonds. The minimum Gasteiger partial charge on any atom is -0.354 e. The van der Waals surface area contributed by atoms with Gasteiger partial charge in [-0.2, -0.15) is 0 Å². The quantitative estimate of drug-likeness (QED) is 0.776. The van der Waals surface area contributed by atoms with E-state index < -0.39 is 6.04 Å².